The van der Waals surface area contributed by atoms with Gasteiger partial charge in [-0.1, -0.05) is 12.1 Å². The second-order valence-corrected chi connectivity index (χ2v) is 4.60. The minimum Gasteiger partial charge on any atom is -0.377 e. The first-order valence-electron chi connectivity index (χ1n) is 6.22. The van der Waals surface area contributed by atoms with Crippen LogP contribution in [0.1, 0.15) is 36.0 Å². The van der Waals surface area contributed by atoms with E-state index < -0.39 is 0 Å². The number of benzene rings is 1. The van der Waals surface area contributed by atoms with E-state index in [0.29, 0.717) is 0 Å². The van der Waals surface area contributed by atoms with Crippen molar-refractivity contribution in [3.8, 4) is 6.07 Å². The number of piperidine rings is 1. The Morgan fingerprint density at radius 2 is 2.00 bits per heavy atom. The molecule has 17 heavy (non-hydrogen) atoms. The lowest BCUT2D eigenvalue weighted by Crippen LogP contribution is -2.23. The van der Waals surface area contributed by atoms with Gasteiger partial charge in [0.25, 0.3) is 0 Å². The largest absolute Gasteiger partial charge is 0.377 e. The molecule has 1 aliphatic heterocycles. The van der Waals surface area contributed by atoms with Gasteiger partial charge in [-0.25, -0.2) is 0 Å². The molecule has 1 aromatic rings. The van der Waals surface area contributed by atoms with Crippen LogP contribution < -0.4 is 0 Å². The van der Waals surface area contributed by atoms with Crippen LogP contribution in [-0.2, 0) is 0 Å². The Bertz CT molecular complexity index is 448. The fourth-order valence-electron chi connectivity index (χ4n) is 2.17. The average molecular weight is 226 g/mol. The second kappa shape index (κ2) is 5.54. The quantitative estimate of drug-likeness (QED) is 0.773. The highest BCUT2D eigenvalue weighted by atomic mass is 15.1. The van der Waals surface area contributed by atoms with Gasteiger partial charge in [-0.3, -0.25) is 0 Å². The van der Waals surface area contributed by atoms with Crippen molar-refractivity contribution in [2.24, 2.45) is 0 Å². The fraction of sp³-hybridized carbons (Fsp3) is 0.400. The molecule has 1 saturated heterocycles. The highest BCUT2D eigenvalue weighted by Crippen LogP contribution is 2.13. The third-order valence-electron chi connectivity index (χ3n) is 3.24. The molecule has 0 aliphatic carbocycles. The molecule has 1 aromatic carbocycles. The minimum absolute atomic E-state index is 0.764. The summed E-state index contributed by atoms with van der Waals surface area (Å²) in [4.78, 5) is 2.37. The predicted molar refractivity (Wildman–Crippen MR) is 70.4 cm³/mol. The van der Waals surface area contributed by atoms with E-state index in [9.17, 15) is 0 Å². The molecule has 2 rings (SSSR count). The molecule has 0 atom stereocenters. The van der Waals surface area contributed by atoms with Crippen LogP contribution in [0.3, 0.4) is 0 Å². The number of nitriles is 1. The van der Waals surface area contributed by atoms with Gasteiger partial charge in [0.2, 0.25) is 0 Å². The average Bonchev–Trinajstić information content (AvgIpc) is 2.38. The Morgan fingerprint density at radius 1 is 1.24 bits per heavy atom. The van der Waals surface area contributed by atoms with Crippen molar-refractivity contribution in [1.82, 2.24) is 4.90 Å². The summed E-state index contributed by atoms with van der Waals surface area (Å²) in [5.74, 6) is 0. The number of hydrogen-bond acceptors (Lipinski definition) is 2. The lowest BCUT2D eigenvalue weighted by atomic mass is 10.1. The molecule has 1 heterocycles. The molecule has 0 unspecified atom stereocenters. The number of likely N-dealkylation sites (tertiary alicyclic amines) is 1. The van der Waals surface area contributed by atoms with Crippen molar-refractivity contribution in [3.05, 3.63) is 41.1 Å². The topological polar surface area (TPSA) is 27.0 Å². The van der Waals surface area contributed by atoms with Crippen LogP contribution in [0.2, 0.25) is 0 Å². The Morgan fingerprint density at radius 3 is 2.65 bits per heavy atom. The summed E-state index contributed by atoms with van der Waals surface area (Å²) in [6, 6.07) is 8.16. The normalized spacial score (nSPS) is 16.1. The van der Waals surface area contributed by atoms with E-state index in [2.05, 4.69) is 29.3 Å². The third kappa shape index (κ3) is 3.10. The van der Waals surface area contributed by atoms with E-state index in [1.54, 1.807) is 0 Å². The predicted octanol–water partition coefficient (Wildman–Crippen LogP) is 3.32. The molecule has 0 radical (unpaired) electrons. The lowest BCUT2D eigenvalue weighted by Gasteiger charge is -2.24. The van der Waals surface area contributed by atoms with Gasteiger partial charge in [0.05, 0.1) is 11.6 Å². The zero-order valence-corrected chi connectivity index (χ0v) is 10.3. The van der Waals surface area contributed by atoms with Crippen molar-refractivity contribution in [2.45, 2.75) is 26.2 Å². The van der Waals surface area contributed by atoms with Crippen LogP contribution in [0.25, 0.3) is 6.08 Å². The van der Waals surface area contributed by atoms with Gasteiger partial charge in [-0.15, -0.1) is 0 Å². The number of rotatable bonds is 2. The molecule has 1 fully saturated rings. The summed E-state index contributed by atoms with van der Waals surface area (Å²) < 4.78 is 0. The SMILES string of the molecule is Cc1cc(/C=C/N2CCCCC2)ccc1C#N. The van der Waals surface area contributed by atoms with Crippen molar-refractivity contribution in [3.63, 3.8) is 0 Å². The summed E-state index contributed by atoms with van der Waals surface area (Å²) >= 11 is 0. The van der Waals surface area contributed by atoms with Crippen molar-refractivity contribution in [1.29, 1.82) is 5.26 Å². The van der Waals surface area contributed by atoms with E-state index in [1.807, 2.05) is 19.1 Å². The molecular weight excluding hydrogens is 208 g/mol. The first kappa shape index (κ1) is 11.7. The lowest BCUT2D eigenvalue weighted by molar-refractivity contribution is 0.311. The first-order chi connectivity index (χ1) is 8.29. The Kier molecular flexibility index (Phi) is 3.82. The van der Waals surface area contributed by atoms with Crippen LogP contribution in [0.15, 0.2) is 24.4 Å². The van der Waals surface area contributed by atoms with Crippen molar-refractivity contribution in [2.75, 3.05) is 13.1 Å². The second-order valence-electron chi connectivity index (χ2n) is 4.60. The van der Waals surface area contributed by atoms with Crippen LogP contribution in [0, 0.1) is 18.3 Å². The number of aryl methyl sites for hydroxylation is 1. The van der Waals surface area contributed by atoms with E-state index in [-0.39, 0.29) is 0 Å². The highest BCUT2D eigenvalue weighted by Gasteiger charge is 2.05. The summed E-state index contributed by atoms with van der Waals surface area (Å²) in [6.45, 7) is 4.33. The van der Waals surface area contributed by atoms with Gasteiger partial charge in [-0.2, -0.15) is 5.26 Å². The fourth-order valence-corrected chi connectivity index (χ4v) is 2.17. The molecule has 88 valence electrons. The molecular formula is C15H18N2. The third-order valence-corrected chi connectivity index (χ3v) is 3.24. The van der Waals surface area contributed by atoms with Gasteiger partial charge in [0.15, 0.2) is 0 Å². The molecule has 0 amide bonds. The zero-order valence-electron chi connectivity index (χ0n) is 10.3. The molecule has 1 aliphatic rings. The van der Waals surface area contributed by atoms with Gasteiger partial charge in [0.1, 0.15) is 0 Å². The maximum Gasteiger partial charge on any atom is 0.0994 e. The Balaban J connectivity index is 2.05. The van der Waals surface area contributed by atoms with E-state index in [4.69, 9.17) is 5.26 Å². The van der Waals surface area contributed by atoms with Crippen LogP contribution in [-0.4, -0.2) is 18.0 Å². The van der Waals surface area contributed by atoms with Gasteiger partial charge in [0, 0.05) is 13.1 Å². The molecule has 2 heteroatoms. The molecule has 2 nitrogen and oxygen atoms in total. The zero-order chi connectivity index (χ0) is 12.1. The minimum atomic E-state index is 0.764. The van der Waals surface area contributed by atoms with Crippen LogP contribution in [0.5, 0.6) is 0 Å². The monoisotopic (exact) mass is 226 g/mol. The van der Waals surface area contributed by atoms with E-state index in [0.717, 1.165) is 11.1 Å². The molecule has 0 N–H and O–H groups in total. The summed E-state index contributed by atoms with van der Waals surface area (Å²) in [5, 5.41) is 8.87. The molecule has 0 bridgehead atoms. The van der Waals surface area contributed by atoms with E-state index in [1.165, 1.54) is 37.9 Å². The van der Waals surface area contributed by atoms with Gasteiger partial charge < -0.3 is 4.90 Å². The van der Waals surface area contributed by atoms with Crippen LogP contribution in [0.4, 0.5) is 0 Å². The molecule has 0 saturated carbocycles. The van der Waals surface area contributed by atoms with Crippen molar-refractivity contribution >= 4 is 6.08 Å². The maximum absolute atomic E-state index is 8.87. The number of nitrogens with zero attached hydrogens (tertiary/aromatic N) is 2. The maximum atomic E-state index is 8.87. The Hall–Kier alpha value is -1.75. The Labute approximate surface area is 103 Å². The van der Waals surface area contributed by atoms with Crippen molar-refractivity contribution < 1.29 is 0 Å². The smallest absolute Gasteiger partial charge is 0.0994 e. The summed E-state index contributed by atoms with van der Waals surface area (Å²) in [7, 11) is 0. The van der Waals surface area contributed by atoms with Gasteiger partial charge >= 0.3 is 0 Å². The summed E-state index contributed by atoms with van der Waals surface area (Å²) in [5.41, 5.74) is 2.99. The molecule has 0 spiro atoms. The number of hydrogen-bond donors (Lipinski definition) is 0. The standard InChI is InChI=1S/C15H18N2/c1-13-11-14(5-6-15(13)12-16)7-10-17-8-3-2-4-9-17/h5-7,10-11H,2-4,8-9H2,1H3/b10-7+. The highest BCUT2D eigenvalue weighted by molar-refractivity contribution is 5.53. The van der Waals surface area contributed by atoms with Crippen LogP contribution >= 0.6 is 0 Å². The first-order valence-corrected chi connectivity index (χ1v) is 6.22. The van der Waals surface area contributed by atoms with E-state index >= 15 is 0 Å². The molecule has 0 aromatic heterocycles. The summed E-state index contributed by atoms with van der Waals surface area (Å²) in [6.07, 6.45) is 8.28. The van der Waals surface area contributed by atoms with Gasteiger partial charge in [-0.05, 0) is 55.7 Å².